The number of amides is 2. The van der Waals surface area contributed by atoms with Gasteiger partial charge in [0, 0.05) is 11.4 Å². The number of carbonyl (C=O) groups is 2. The third kappa shape index (κ3) is 3.93. The van der Waals surface area contributed by atoms with E-state index in [2.05, 4.69) is 10.6 Å². The smallest absolute Gasteiger partial charge is 0.314 e. The van der Waals surface area contributed by atoms with Crippen LogP contribution >= 0.6 is 0 Å². The van der Waals surface area contributed by atoms with Gasteiger partial charge in [-0.05, 0) is 54.7 Å². The minimum atomic E-state index is -0.748. The number of phenols is 1. The normalized spacial score (nSPS) is 10.5. The molecule has 2 rings (SSSR count). The Bertz CT molecular complexity index is 782. The van der Waals surface area contributed by atoms with Crippen molar-refractivity contribution in [2.45, 2.75) is 33.6 Å². The van der Waals surface area contributed by atoms with Gasteiger partial charge in [-0.25, -0.2) is 0 Å². The van der Waals surface area contributed by atoms with Crippen molar-refractivity contribution in [2.24, 2.45) is 0 Å². The summed E-state index contributed by atoms with van der Waals surface area (Å²) in [7, 11) is 0. The lowest BCUT2D eigenvalue weighted by Gasteiger charge is -2.16. The zero-order valence-corrected chi connectivity index (χ0v) is 14.3. The lowest BCUT2D eigenvalue weighted by Crippen LogP contribution is -2.30. The van der Waals surface area contributed by atoms with E-state index in [1.165, 1.54) is 12.1 Å². The van der Waals surface area contributed by atoms with E-state index >= 15 is 0 Å². The molecule has 2 aromatic rings. The summed E-state index contributed by atoms with van der Waals surface area (Å²) in [6, 6.07) is 10.3. The molecule has 2 amide bonds. The standard InChI is InChI=1S/C19H22N2O3/c1-11(2)15-7-5-6-12(3)17(15)21-19(24)18(23)20-16-9-8-14(22)10-13(16)4/h5-11,22H,1-4H3,(H,20,23)(H,21,24). The number of para-hydroxylation sites is 1. The molecule has 0 unspecified atom stereocenters. The Balaban J connectivity index is 2.17. The predicted octanol–water partition coefficient (Wildman–Crippen LogP) is 3.71. The monoisotopic (exact) mass is 326 g/mol. The number of phenolic OH excluding ortho intramolecular Hbond substituents is 1. The summed E-state index contributed by atoms with van der Waals surface area (Å²) in [4.78, 5) is 24.4. The van der Waals surface area contributed by atoms with E-state index in [0.717, 1.165) is 11.1 Å². The zero-order chi connectivity index (χ0) is 17.9. The van der Waals surface area contributed by atoms with Crippen LogP contribution in [0.25, 0.3) is 0 Å². The van der Waals surface area contributed by atoms with Gasteiger partial charge in [-0.2, -0.15) is 0 Å². The van der Waals surface area contributed by atoms with Crippen LogP contribution in [0.3, 0.4) is 0 Å². The third-order valence-electron chi connectivity index (χ3n) is 3.83. The van der Waals surface area contributed by atoms with E-state index in [1.807, 2.05) is 39.0 Å². The molecule has 2 aromatic carbocycles. The number of aromatic hydroxyl groups is 1. The maximum Gasteiger partial charge on any atom is 0.314 e. The molecule has 0 spiro atoms. The highest BCUT2D eigenvalue weighted by atomic mass is 16.3. The summed E-state index contributed by atoms with van der Waals surface area (Å²) in [5, 5.41) is 14.7. The average molecular weight is 326 g/mol. The topological polar surface area (TPSA) is 78.4 Å². The van der Waals surface area contributed by atoms with Crippen LogP contribution in [-0.2, 0) is 9.59 Å². The highest BCUT2D eigenvalue weighted by Crippen LogP contribution is 2.27. The number of carbonyl (C=O) groups excluding carboxylic acids is 2. The van der Waals surface area contributed by atoms with Crippen molar-refractivity contribution in [1.29, 1.82) is 0 Å². The average Bonchev–Trinajstić information content (AvgIpc) is 2.51. The molecule has 5 heteroatoms. The molecular formula is C19H22N2O3. The second-order valence-corrected chi connectivity index (χ2v) is 6.10. The molecule has 0 aliphatic carbocycles. The van der Waals surface area contributed by atoms with Crippen LogP contribution in [-0.4, -0.2) is 16.9 Å². The molecule has 0 heterocycles. The van der Waals surface area contributed by atoms with E-state index in [-0.39, 0.29) is 11.7 Å². The van der Waals surface area contributed by atoms with Gasteiger partial charge in [0.15, 0.2) is 0 Å². The Labute approximate surface area is 141 Å². The van der Waals surface area contributed by atoms with Crippen LogP contribution in [0.2, 0.25) is 0 Å². The summed E-state index contributed by atoms with van der Waals surface area (Å²) >= 11 is 0. The van der Waals surface area contributed by atoms with E-state index in [9.17, 15) is 14.7 Å². The Morgan fingerprint density at radius 3 is 2.25 bits per heavy atom. The number of nitrogens with one attached hydrogen (secondary N) is 2. The van der Waals surface area contributed by atoms with Crippen LogP contribution in [0.15, 0.2) is 36.4 Å². The molecule has 3 N–H and O–H groups in total. The Morgan fingerprint density at radius 2 is 1.62 bits per heavy atom. The van der Waals surface area contributed by atoms with Crippen LogP contribution in [0.4, 0.5) is 11.4 Å². The third-order valence-corrected chi connectivity index (χ3v) is 3.83. The first-order valence-electron chi connectivity index (χ1n) is 7.81. The molecule has 0 bridgehead atoms. The van der Waals surface area contributed by atoms with Gasteiger partial charge in [0.25, 0.3) is 0 Å². The molecule has 0 aromatic heterocycles. The van der Waals surface area contributed by atoms with Gasteiger partial charge in [-0.3, -0.25) is 9.59 Å². The van der Waals surface area contributed by atoms with Crippen molar-refractivity contribution in [3.8, 4) is 5.75 Å². The highest BCUT2D eigenvalue weighted by molar-refractivity contribution is 6.43. The van der Waals surface area contributed by atoms with Gasteiger partial charge < -0.3 is 15.7 Å². The van der Waals surface area contributed by atoms with Crippen molar-refractivity contribution >= 4 is 23.2 Å². The number of hydrogen-bond donors (Lipinski definition) is 3. The van der Waals surface area contributed by atoms with Crippen molar-refractivity contribution < 1.29 is 14.7 Å². The van der Waals surface area contributed by atoms with Gasteiger partial charge in [0.1, 0.15) is 5.75 Å². The molecule has 0 saturated heterocycles. The fraction of sp³-hybridized carbons (Fsp3) is 0.263. The molecule has 0 radical (unpaired) electrons. The van der Waals surface area contributed by atoms with Gasteiger partial charge in [0.2, 0.25) is 0 Å². The van der Waals surface area contributed by atoms with Crippen LogP contribution in [0, 0.1) is 13.8 Å². The first-order chi connectivity index (χ1) is 11.3. The van der Waals surface area contributed by atoms with Crippen molar-refractivity contribution in [1.82, 2.24) is 0 Å². The Morgan fingerprint density at radius 1 is 0.958 bits per heavy atom. The fourth-order valence-corrected chi connectivity index (χ4v) is 2.48. The largest absolute Gasteiger partial charge is 0.508 e. The lowest BCUT2D eigenvalue weighted by atomic mass is 9.98. The second-order valence-electron chi connectivity index (χ2n) is 6.10. The first kappa shape index (κ1) is 17.5. The van der Waals surface area contributed by atoms with E-state index in [1.54, 1.807) is 13.0 Å². The number of benzene rings is 2. The van der Waals surface area contributed by atoms with E-state index in [4.69, 9.17) is 0 Å². The van der Waals surface area contributed by atoms with Gasteiger partial charge in [-0.1, -0.05) is 32.0 Å². The van der Waals surface area contributed by atoms with Crippen LogP contribution in [0.5, 0.6) is 5.75 Å². The molecule has 0 fully saturated rings. The molecule has 126 valence electrons. The molecule has 5 nitrogen and oxygen atoms in total. The summed E-state index contributed by atoms with van der Waals surface area (Å²) < 4.78 is 0. The Kier molecular flexibility index (Phi) is 5.24. The number of anilines is 2. The second kappa shape index (κ2) is 7.17. The maximum atomic E-state index is 12.2. The molecule has 0 aliphatic rings. The number of aryl methyl sites for hydroxylation is 2. The van der Waals surface area contributed by atoms with Crippen molar-refractivity contribution in [3.63, 3.8) is 0 Å². The summed E-state index contributed by atoms with van der Waals surface area (Å²) in [5.41, 5.74) is 3.73. The molecule has 24 heavy (non-hydrogen) atoms. The molecular weight excluding hydrogens is 304 g/mol. The summed E-state index contributed by atoms with van der Waals surface area (Å²) in [6.07, 6.45) is 0. The minimum absolute atomic E-state index is 0.108. The van der Waals surface area contributed by atoms with Crippen molar-refractivity contribution in [2.75, 3.05) is 10.6 Å². The summed E-state index contributed by atoms with van der Waals surface area (Å²) in [5.74, 6) is -1.14. The lowest BCUT2D eigenvalue weighted by molar-refractivity contribution is -0.133. The van der Waals surface area contributed by atoms with Gasteiger partial charge in [-0.15, -0.1) is 0 Å². The quantitative estimate of drug-likeness (QED) is 0.594. The minimum Gasteiger partial charge on any atom is -0.508 e. The number of rotatable bonds is 3. The van der Waals surface area contributed by atoms with Gasteiger partial charge in [0.05, 0.1) is 0 Å². The number of hydrogen-bond acceptors (Lipinski definition) is 3. The highest BCUT2D eigenvalue weighted by Gasteiger charge is 2.18. The van der Waals surface area contributed by atoms with Crippen LogP contribution < -0.4 is 10.6 Å². The Hall–Kier alpha value is -2.82. The SMILES string of the molecule is Cc1cc(O)ccc1NC(=O)C(=O)Nc1c(C)cccc1C(C)C. The zero-order valence-electron chi connectivity index (χ0n) is 14.3. The van der Waals surface area contributed by atoms with Crippen molar-refractivity contribution in [3.05, 3.63) is 53.1 Å². The molecule has 0 atom stereocenters. The predicted molar refractivity (Wildman–Crippen MR) is 95.4 cm³/mol. The summed E-state index contributed by atoms with van der Waals surface area (Å²) in [6.45, 7) is 7.70. The molecule has 0 saturated carbocycles. The van der Waals surface area contributed by atoms with Crippen LogP contribution in [0.1, 0.15) is 36.5 Å². The van der Waals surface area contributed by atoms with E-state index < -0.39 is 11.8 Å². The maximum absolute atomic E-state index is 12.2. The van der Waals surface area contributed by atoms with Gasteiger partial charge >= 0.3 is 11.8 Å². The van der Waals surface area contributed by atoms with E-state index in [0.29, 0.717) is 16.9 Å². The fourth-order valence-electron chi connectivity index (χ4n) is 2.48. The first-order valence-corrected chi connectivity index (χ1v) is 7.81. The molecule has 0 aliphatic heterocycles.